The van der Waals surface area contributed by atoms with Gasteiger partial charge in [0.25, 0.3) is 0 Å². The number of carbonyl (C=O) groups excluding carboxylic acids is 1. The zero-order chi connectivity index (χ0) is 15.5. The zero-order valence-electron chi connectivity index (χ0n) is 11.8. The largest absolute Gasteiger partial charge is 0.481 e. The number of aliphatic carboxylic acids is 2. The zero-order valence-corrected chi connectivity index (χ0v) is 11.8. The second-order valence-electron chi connectivity index (χ2n) is 5.51. The first-order valence-electron chi connectivity index (χ1n) is 6.28. The predicted molar refractivity (Wildman–Crippen MR) is 68.4 cm³/mol. The van der Waals surface area contributed by atoms with Gasteiger partial charge in [0.15, 0.2) is 0 Å². The number of morpholine rings is 1. The van der Waals surface area contributed by atoms with Gasteiger partial charge in [0, 0.05) is 6.54 Å². The second-order valence-corrected chi connectivity index (χ2v) is 5.51. The van der Waals surface area contributed by atoms with Crippen molar-refractivity contribution in [2.75, 3.05) is 13.1 Å². The van der Waals surface area contributed by atoms with Gasteiger partial charge >= 0.3 is 18.0 Å². The van der Waals surface area contributed by atoms with E-state index in [4.69, 9.17) is 14.9 Å². The molecule has 3 N–H and O–H groups in total. The normalized spacial score (nSPS) is 22.9. The second kappa shape index (κ2) is 6.08. The van der Waals surface area contributed by atoms with Crippen LogP contribution in [0.25, 0.3) is 0 Å². The molecule has 20 heavy (non-hydrogen) atoms. The maximum Gasteiger partial charge on any atom is 0.326 e. The summed E-state index contributed by atoms with van der Waals surface area (Å²) in [6.07, 6.45) is -0.836. The van der Waals surface area contributed by atoms with Gasteiger partial charge in [-0.25, -0.2) is 9.59 Å². The highest BCUT2D eigenvalue weighted by atomic mass is 16.5. The standard InChI is InChI=1S/C12H20N2O6/c1-7-5-14(6-12(2,3)20-7)11(19)13-8(10(17)18)4-9(15)16/h7-8H,4-6H2,1-3H3,(H,13,19)(H,15,16)(H,17,18). The number of amides is 2. The van der Waals surface area contributed by atoms with Crippen molar-refractivity contribution in [1.29, 1.82) is 0 Å². The minimum Gasteiger partial charge on any atom is -0.481 e. The number of carbonyl (C=O) groups is 3. The number of hydrogen-bond acceptors (Lipinski definition) is 4. The first-order chi connectivity index (χ1) is 9.10. The van der Waals surface area contributed by atoms with E-state index in [0.717, 1.165) is 0 Å². The number of hydrogen-bond donors (Lipinski definition) is 3. The molecule has 0 saturated carbocycles. The lowest BCUT2D eigenvalue weighted by atomic mass is 10.1. The Morgan fingerprint density at radius 2 is 2.00 bits per heavy atom. The van der Waals surface area contributed by atoms with E-state index < -0.39 is 36.0 Å². The third kappa shape index (κ3) is 4.69. The van der Waals surface area contributed by atoms with Crippen LogP contribution in [0.4, 0.5) is 4.79 Å². The predicted octanol–water partition coefficient (Wildman–Crippen LogP) is 0.123. The monoisotopic (exact) mass is 288 g/mol. The average Bonchev–Trinajstić information content (AvgIpc) is 2.24. The Labute approximate surface area is 116 Å². The van der Waals surface area contributed by atoms with E-state index in [1.807, 2.05) is 20.8 Å². The van der Waals surface area contributed by atoms with Crippen molar-refractivity contribution in [2.24, 2.45) is 0 Å². The van der Waals surface area contributed by atoms with E-state index in [1.54, 1.807) is 0 Å². The van der Waals surface area contributed by atoms with Crippen LogP contribution in [0, 0.1) is 0 Å². The molecule has 0 radical (unpaired) electrons. The molecule has 1 aliphatic rings. The molecule has 2 amide bonds. The Kier molecular flexibility index (Phi) is 4.93. The van der Waals surface area contributed by atoms with Gasteiger partial charge in [0.2, 0.25) is 0 Å². The smallest absolute Gasteiger partial charge is 0.326 e. The maximum absolute atomic E-state index is 12.0. The molecule has 0 aromatic rings. The topological polar surface area (TPSA) is 116 Å². The molecule has 1 heterocycles. The van der Waals surface area contributed by atoms with Gasteiger partial charge < -0.3 is 25.2 Å². The van der Waals surface area contributed by atoms with Crippen molar-refractivity contribution in [3.8, 4) is 0 Å². The van der Waals surface area contributed by atoms with Gasteiger partial charge in [-0.15, -0.1) is 0 Å². The van der Waals surface area contributed by atoms with E-state index >= 15 is 0 Å². The van der Waals surface area contributed by atoms with Crippen molar-refractivity contribution in [3.63, 3.8) is 0 Å². The summed E-state index contributed by atoms with van der Waals surface area (Å²) in [5, 5.41) is 19.8. The van der Waals surface area contributed by atoms with Crippen molar-refractivity contribution in [2.45, 2.75) is 44.9 Å². The summed E-state index contributed by atoms with van der Waals surface area (Å²) in [4.78, 5) is 35.0. The summed E-state index contributed by atoms with van der Waals surface area (Å²) in [7, 11) is 0. The number of urea groups is 1. The molecular formula is C12H20N2O6. The van der Waals surface area contributed by atoms with Gasteiger partial charge in [-0.1, -0.05) is 0 Å². The van der Waals surface area contributed by atoms with E-state index in [0.29, 0.717) is 13.1 Å². The summed E-state index contributed by atoms with van der Waals surface area (Å²) >= 11 is 0. The van der Waals surface area contributed by atoms with E-state index in [2.05, 4.69) is 5.32 Å². The lowest BCUT2D eigenvalue weighted by Crippen LogP contribution is -2.58. The number of nitrogens with one attached hydrogen (secondary N) is 1. The Morgan fingerprint density at radius 3 is 2.45 bits per heavy atom. The summed E-state index contributed by atoms with van der Waals surface area (Å²) in [6, 6.07) is -2.04. The highest BCUT2D eigenvalue weighted by Gasteiger charge is 2.35. The summed E-state index contributed by atoms with van der Waals surface area (Å²) in [5.41, 5.74) is -0.527. The lowest BCUT2D eigenvalue weighted by molar-refractivity contribution is -0.145. The molecule has 8 nitrogen and oxygen atoms in total. The van der Waals surface area contributed by atoms with Crippen molar-refractivity contribution in [1.82, 2.24) is 10.2 Å². The quantitative estimate of drug-likeness (QED) is 0.676. The van der Waals surface area contributed by atoms with Gasteiger partial charge in [-0.3, -0.25) is 4.79 Å². The molecule has 1 saturated heterocycles. The van der Waals surface area contributed by atoms with Crippen LogP contribution in [0.2, 0.25) is 0 Å². The first kappa shape index (κ1) is 16.2. The molecule has 1 fully saturated rings. The van der Waals surface area contributed by atoms with Gasteiger partial charge in [0.05, 0.1) is 24.7 Å². The highest BCUT2D eigenvalue weighted by molar-refractivity contribution is 5.86. The minimum absolute atomic E-state index is 0.174. The van der Waals surface area contributed by atoms with Crippen LogP contribution < -0.4 is 5.32 Å². The number of carboxylic acids is 2. The molecule has 0 aromatic carbocycles. The van der Waals surface area contributed by atoms with Crippen LogP contribution in [0.15, 0.2) is 0 Å². The molecule has 0 aromatic heterocycles. The molecule has 0 spiro atoms. The van der Waals surface area contributed by atoms with Crippen LogP contribution in [0.5, 0.6) is 0 Å². The summed E-state index contributed by atoms with van der Waals surface area (Å²) in [6.45, 7) is 6.11. The van der Waals surface area contributed by atoms with Crippen molar-refractivity contribution >= 4 is 18.0 Å². The minimum atomic E-state index is -1.44. The highest BCUT2D eigenvalue weighted by Crippen LogP contribution is 2.20. The average molecular weight is 288 g/mol. The van der Waals surface area contributed by atoms with Crippen LogP contribution in [-0.2, 0) is 14.3 Å². The number of carboxylic acid groups (broad SMARTS) is 2. The fourth-order valence-electron chi connectivity index (χ4n) is 2.22. The van der Waals surface area contributed by atoms with E-state index in [9.17, 15) is 14.4 Å². The fraction of sp³-hybridized carbons (Fsp3) is 0.750. The van der Waals surface area contributed by atoms with Crippen molar-refractivity contribution in [3.05, 3.63) is 0 Å². The van der Waals surface area contributed by atoms with Gasteiger partial charge in [-0.2, -0.15) is 0 Å². The van der Waals surface area contributed by atoms with Crippen LogP contribution >= 0.6 is 0 Å². The van der Waals surface area contributed by atoms with Gasteiger partial charge in [-0.05, 0) is 20.8 Å². The Hall–Kier alpha value is -1.83. The van der Waals surface area contributed by atoms with Crippen LogP contribution in [-0.4, -0.2) is 63.9 Å². The van der Waals surface area contributed by atoms with Crippen LogP contribution in [0.3, 0.4) is 0 Å². The Bertz CT molecular complexity index is 409. The fourth-order valence-corrected chi connectivity index (χ4v) is 2.22. The van der Waals surface area contributed by atoms with Crippen molar-refractivity contribution < 1.29 is 29.3 Å². The molecular weight excluding hydrogens is 268 g/mol. The molecule has 2 atom stereocenters. The Balaban J connectivity index is 2.68. The van der Waals surface area contributed by atoms with Gasteiger partial charge in [0.1, 0.15) is 6.04 Å². The maximum atomic E-state index is 12.0. The third-order valence-electron chi connectivity index (χ3n) is 2.83. The lowest BCUT2D eigenvalue weighted by Gasteiger charge is -2.41. The molecule has 2 unspecified atom stereocenters. The molecule has 1 rings (SSSR count). The summed E-state index contributed by atoms with van der Waals surface area (Å²) < 4.78 is 5.64. The number of ether oxygens (including phenoxy) is 1. The summed E-state index contributed by atoms with van der Waals surface area (Å²) in [5.74, 6) is -2.66. The molecule has 114 valence electrons. The molecule has 8 heteroatoms. The number of nitrogens with zero attached hydrogens (tertiary/aromatic N) is 1. The third-order valence-corrected chi connectivity index (χ3v) is 2.83. The molecule has 1 aliphatic heterocycles. The number of rotatable bonds is 4. The molecule has 0 aliphatic carbocycles. The first-order valence-corrected chi connectivity index (χ1v) is 6.28. The SMILES string of the molecule is CC1CN(C(=O)NC(CC(=O)O)C(=O)O)CC(C)(C)O1. The van der Waals surface area contributed by atoms with Crippen LogP contribution in [0.1, 0.15) is 27.2 Å². The van der Waals surface area contributed by atoms with E-state index in [-0.39, 0.29) is 6.10 Å². The Morgan fingerprint density at radius 1 is 1.40 bits per heavy atom. The molecule has 0 bridgehead atoms. The van der Waals surface area contributed by atoms with E-state index in [1.165, 1.54) is 4.90 Å².